The second-order valence-corrected chi connectivity index (χ2v) is 9.15. The summed E-state index contributed by atoms with van der Waals surface area (Å²) >= 11 is 0. The lowest BCUT2D eigenvalue weighted by molar-refractivity contribution is 0.650. The molecule has 0 atom stereocenters. The molecule has 3 nitrogen and oxygen atoms in total. The molecule has 0 bridgehead atoms. The van der Waals surface area contributed by atoms with Gasteiger partial charge in [-0.25, -0.2) is 9.97 Å². The molecule has 0 radical (unpaired) electrons. The third kappa shape index (κ3) is 2.89. The second kappa shape index (κ2) is 7.16. The number of hydrogen-bond donors (Lipinski definition) is 0. The minimum Gasteiger partial charge on any atom is -0.340 e. The van der Waals surface area contributed by atoms with Crippen LogP contribution in [-0.2, 0) is 13.5 Å². The molecule has 0 saturated heterocycles. The minimum absolute atomic E-state index is 0.587. The van der Waals surface area contributed by atoms with E-state index in [0.29, 0.717) is 5.92 Å². The highest BCUT2D eigenvalue weighted by molar-refractivity contribution is 6.13. The molecule has 0 fully saturated rings. The van der Waals surface area contributed by atoms with Gasteiger partial charge in [0, 0.05) is 18.0 Å². The van der Waals surface area contributed by atoms with Crippen LogP contribution >= 0.6 is 0 Å². The Bertz CT molecular complexity index is 1640. The average Bonchev–Trinajstić information content (AvgIpc) is 3.08. The Kier molecular flexibility index (Phi) is 4.25. The van der Waals surface area contributed by atoms with Crippen LogP contribution in [0.15, 0.2) is 79.1 Å². The second-order valence-electron chi connectivity index (χ2n) is 9.15. The van der Waals surface area contributed by atoms with Gasteiger partial charge >= 0.3 is 0 Å². The van der Waals surface area contributed by atoms with E-state index in [2.05, 4.69) is 98.3 Å². The fourth-order valence-corrected chi connectivity index (χ4v) is 5.06. The molecule has 0 spiro atoms. The quantitative estimate of drug-likeness (QED) is 0.304. The lowest BCUT2D eigenvalue weighted by atomic mass is 9.93. The van der Waals surface area contributed by atoms with Crippen molar-refractivity contribution in [2.45, 2.75) is 20.3 Å². The highest BCUT2D eigenvalue weighted by atomic mass is 15.0. The zero-order chi connectivity index (χ0) is 21.8. The Balaban J connectivity index is 1.68. The van der Waals surface area contributed by atoms with E-state index in [0.717, 1.165) is 28.7 Å². The summed E-state index contributed by atoms with van der Waals surface area (Å²) in [5.41, 5.74) is 6.81. The molecule has 0 N–H and O–H groups in total. The van der Waals surface area contributed by atoms with Gasteiger partial charge in [0.1, 0.15) is 11.8 Å². The molecule has 6 rings (SSSR count). The van der Waals surface area contributed by atoms with Gasteiger partial charge in [-0.15, -0.1) is 0 Å². The molecule has 0 unspecified atom stereocenters. The Hall–Kier alpha value is -3.72. The van der Waals surface area contributed by atoms with Crippen LogP contribution in [0.3, 0.4) is 0 Å². The van der Waals surface area contributed by atoms with Gasteiger partial charge in [-0.05, 0) is 63.7 Å². The molecule has 3 heteroatoms. The maximum atomic E-state index is 4.80. The van der Waals surface area contributed by atoms with Crippen molar-refractivity contribution in [2.24, 2.45) is 13.0 Å². The van der Waals surface area contributed by atoms with E-state index in [-0.39, 0.29) is 0 Å². The molecule has 2 heterocycles. The topological polar surface area (TPSA) is 30.7 Å². The average molecular weight is 416 g/mol. The third-order valence-electron chi connectivity index (χ3n) is 6.49. The van der Waals surface area contributed by atoms with E-state index in [9.17, 15) is 0 Å². The minimum atomic E-state index is 0.587. The SMILES string of the molecule is CC(C)Cc1cc(-c2ncnc3c4cc5ccccc5cc4n(C)c23)cc2ccccc12. The Morgan fingerprint density at radius 2 is 1.50 bits per heavy atom. The number of fused-ring (bicyclic) bond motifs is 5. The van der Waals surface area contributed by atoms with Crippen molar-refractivity contribution < 1.29 is 0 Å². The van der Waals surface area contributed by atoms with E-state index in [1.54, 1.807) is 6.33 Å². The molecular formula is C29H25N3. The number of hydrogen-bond acceptors (Lipinski definition) is 2. The van der Waals surface area contributed by atoms with Crippen molar-refractivity contribution in [3.8, 4) is 11.3 Å². The molecule has 156 valence electrons. The molecule has 32 heavy (non-hydrogen) atoms. The van der Waals surface area contributed by atoms with Crippen molar-refractivity contribution in [1.29, 1.82) is 0 Å². The number of aryl methyl sites for hydroxylation is 1. The summed E-state index contributed by atoms with van der Waals surface area (Å²) in [5.74, 6) is 0.587. The van der Waals surface area contributed by atoms with Crippen LogP contribution in [0.5, 0.6) is 0 Å². The van der Waals surface area contributed by atoms with Gasteiger partial charge in [0.15, 0.2) is 0 Å². The zero-order valence-electron chi connectivity index (χ0n) is 18.6. The first kappa shape index (κ1) is 19.0. The van der Waals surface area contributed by atoms with Gasteiger partial charge in [-0.2, -0.15) is 0 Å². The van der Waals surface area contributed by atoms with Crippen molar-refractivity contribution >= 4 is 43.5 Å². The highest BCUT2D eigenvalue weighted by Gasteiger charge is 2.17. The Morgan fingerprint density at radius 1 is 0.781 bits per heavy atom. The van der Waals surface area contributed by atoms with Crippen molar-refractivity contribution in [3.63, 3.8) is 0 Å². The molecular weight excluding hydrogens is 390 g/mol. The van der Waals surface area contributed by atoms with Crippen LogP contribution in [0.4, 0.5) is 0 Å². The monoisotopic (exact) mass is 415 g/mol. The fourth-order valence-electron chi connectivity index (χ4n) is 5.06. The molecule has 0 aliphatic rings. The van der Waals surface area contributed by atoms with Crippen LogP contribution in [0, 0.1) is 5.92 Å². The molecule has 0 amide bonds. The number of rotatable bonds is 3. The molecule has 4 aromatic carbocycles. The normalized spacial score (nSPS) is 12.0. The number of nitrogens with zero attached hydrogens (tertiary/aromatic N) is 3. The zero-order valence-corrected chi connectivity index (χ0v) is 18.6. The lowest BCUT2D eigenvalue weighted by Gasteiger charge is -2.13. The molecule has 2 aromatic heterocycles. The number of aromatic nitrogens is 3. The van der Waals surface area contributed by atoms with Gasteiger partial charge in [-0.1, -0.05) is 62.4 Å². The predicted octanol–water partition coefficient (Wildman–Crippen LogP) is 7.29. The Morgan fingerprint density at radius 3 is 2.28 bits per heavy atom. The summed E-state index contributed by atoms with van der Waals surface area (Å²) < 4.78 is 2.25. The maximum absolute atomic E-state index is 4.80. The van der Waals surface area contributed by atoms with Crippen molar-refractivity contribution in [3.05, 3.63) is 84.7 Å². The third-order valence-corrected chi connectivity index (χ3v) is 6.49. The van der Waals surface area contributed by atoms with Crippen LogP contribution in [0.2, 0.25) is 0 Å². The highest BCUT2D eigenvalue weighted by Crippen LogP contribution is 2.36. The van der Waals surface area contributed by atoms with Gasteiger partial charge in [0.25, 0.3) is 0 Å². The van der Waals surface area contributed by atoms with E-state index in [1.807, 2.05) is 0 Å². The first-order valence-electron chi connectivity index (χ1n) is 11.2. The summed E-state index contributed by atoms with van der Waals surface area (Å²) in [4.78, 5) is 9.52. The summed E-state index contributed by atoms with van der Waals surface area (Å²) in [7, 11) is 2.13. The van der Waals surface area contributed by atoms with E-state index < -0.39 is 0 Å². The summed E-state index contributed by atoms with van der Waals surface area (Å²) in [6.07, 6.45) is 2.76. The van der Waals surface area contributed by atoms with Gasteiger partial charge < -0.3 is 4.57 Å². The molecule has 0 aliphatic carbocycles. The van der Waals surface area contributed by atoms with Crippen LogP contribution < -0.4 is 0 Å². The van der Waals surface area contributed by atoms with E-state index in [4.69, 9.17) is 9.97 Å². The van der Waals surface area contributed by atoms with Crippen LogP contribution in [-0.4, -0.2) is 14.5 Å². The van der Waals surface area contributed by atoms with Crippen molar-refractivity contribution in [1.82, 2.24) is 14.5 Å². The van der Waals surface area contributed by atoms with E-state index >= 15 is 0 Å². The summed E-state index contributed by atoms with van der Waals surface area (Å²) in [6, 6.07) is 26.3. The van der Waals surface area contributed by atoms with Gasteiger partial charge in [0.2, 0.25) is 0 Å². The molecule has 0 aliphatic heterocycles. The number of benzene rings is 4. The smallest absolute Gasteiger partial charge is 0.116 e. The molecule has 0 saturated carbocycles. The first-order valence-corrected chi connectivity index (χ1v) is 11.2. The maximum Gasteiger partial charge on any atom is 0.116 e. The fraction of sp³-hybridized carbons (Fsp3) is 0.172. The molecule has 6 aromatic rings. The predicted molar refractivity (Wildman–Crippen MR) is 135 cm³/mol. The largest absolute Gasteiger partial charge is 0.340 e. The van der Waals surface area contributed by atoms with Crippen LogP contribution in [0.1, 0.15) is 19.4 Å². The van der Waals surface area contributed by atoms with E-state index in [1.165, 1.54) is 38.0 Å². The summed E-state index contributed by atoms with van der Waals surface area (Å²) in [5, 5.41) is 6.24. The van der Waals surface area contributed by atoms with Gasteiger partial charge in [-0.3, -0.25) is 0 Å². The first-order chi connectivity index (χ1) is 15.6. The van der Waals surface area contributed by atoms with Crippen LogP contribution in [0.25, 0.3) is 54.7 Å². The van der Waals surface area contributed by atoms with Crippen molar-refractivity contribution in [2.75, 3.05) is 0 Å². The summed E-state index contributed by atoms with van der Waals surface area (Å²) in [6.45, 7) is 4.55. The Labute approximate surface area is 187 Å². The lowest BCUT2D eigenvalue weighted by Crippen LogP contribution is -1.98. The van der Waals surface area contributed by atoms with Gasteiger partial charge in [0.05, 0.1) is 16.7 Å². The standard InChI is InChI=1S/C29H25N3/c1-18(2)12-22-14-23(13-21-10-6-7-11-24(21)22)27-29-28(31-17-30-27)25-15-19-8-4-5-9-20(19)16-26(25)32(29)3/h4-11,13-18H,12H2,1-3H3.